The number of amides is 1. The molecule has 1 aromatic heterocycles. The van der Waals surface area contributed by atoms with Crippen molar-refractivity contribution < 1.29 is 14.3 Å². The molecule has 0 saturated heterocycles. The zero-order valence-electron chi connectivity index (χ0n) is 19.6. The maximum absolute atomic E-state index is 13.2. The van der Waals surface area contributed by atoms with E-state index in [0.717, 1.165) is 11.1 Å². The molecule has 5 N–H and O–H groups in total. The number of aromatic nitrogens is 2. The van der Waals surface area contributed by atoms with Gasteiger partial charge in [-0.3, -0.25) is 15.6 Å². The quantitative estimate of drug-likeness (QED) is 0.206. The Morgan fingerprint density at radius 3 is 2.17 bits per heavy atom. The molecule has 3 aromatic carbocycles. The van der Waals surface area contributed by atoms with Gasteiger partial charge in [0, 0.05) is 5.69 Å². The first kappa shape index (κ1) is 24.2. The van der Waals surface area contributed by atoms with Crippen LogP contribution in [-0.4, -0.2) is 28.5 Å². The van der Waals surface area contributed by atoms with Gasteiger partial charge in [0.15, 0.2) is 11.6 Å². The monoisotopic (exact) mass is 482 g/mol. The van der Waals surface area contributed by atoms with Gasteiger partial charge in [-0.25, -0.2) is 14.8 Å². The topological polar surface area (TPSA) is 131 Å². The second-order valence-corrected chi connectivity index (χ2v) is 7.78. The van der Waals surface area contributed by atoms with Crippen molar-refractivity contribution in [3.63, 3.8) is 0 Å². The second-order valence-electron chi connectivity index (χ2n) is 7.78. The molecule has 36 heavy (non-hydrogen) atoms. The Morgan fingerprint density at radius 1 is 0.889 bits per heavy atom. The summed E-state index contributed by atoms with van der Waals surface area (Å²) in [7, 11) is 0. The van der Waals surface area contributed by atoms with Crippen LogP contribution in [0, 0.1) is 0 Å². The van der Waals surface area contributed by atoms with Gasteiger partial charge in [-0.15, -0.1) is 0 Å². The summed E-state index contributed by atoms with van der Waals surface area (Å²) in [6.07, 6.45) is 1.31. The lowest BCUT2D eigenvalue weighted by Crippen LogP contribution is -2.35. The van der Waals surface area contributed by atoms with E-state index in [1.165, 1.54) is 6.33 Å². The number of hydrazine groups is 1. The fraction of sp³-hybridized carbons (Fsp3) is 0.111. The minimum absolute atomic E-state index is 0.190. The van der Waals surface area contributed by atoms with Gasteiger partial charge in [0.1, 0.15) is 12.0 Å². The average molecular weight is 483 g/mol. The van der Waals surface area contributed by atoms with Gasteiger partial charge >= 0.3 is 5.97 Å². The summed E-state index contributed by atoms with van der Waals surface area (Å²) in [6, 6.07) is 25.8. The number of carbonyl (C=O) groups excluding carboxylic acids is 2. The van der Waals surface area contributed by atoms with Crippen molar-refractivity contribution in [1.29, 1.82) is 0 Å². The summed E-state index contributed by atoms with van der Waals surface area (Å²) >= 11 is 0. The van der Waals surface area contributed by atoms with Crippen molar-refractivity contribution in [2.45, 2.75) is 12.8 Å². The molecule has 1 heterocycles. The molecule has 0 aliphatic rings. The Labute approximate surface area is 208 Å². The zero-order valence-corrected chi connectivity index (χ0v) is 19.6. The lowest BCUT2D eigenvalue weighted by atomic mass is 9.91. The van der Waals surface area contributed by atoms with E-state index in [2.05, 4.69) is 26.1 Å². The first-order valence-corrected chi connectivity index (χ1v) is 11.4. The SMILES string of the molecule is CCOC(=O)c1cccc(Nc2ncnc(NNC(=O)C(c3ccccc3)c3ccccc3)c2N)c1. The number of nitrogens with one attached hydrogen (secondary N) is 3. The molecule has 182 valence electrons. The van der Waals surface area contributed by atoms with E-state index in [4.69, 9.17) is 10.5 Å². The third-order valence-corrected chi connectivity index (χ3v) is 5.35. The van der Waals surface area contributed by atoms with Gasteiger partial charge < -0.3 is 15.8 Å². The predicted octanol–water partition coefficient (Wildman–Crippen LogP) is 4.25. The van der Waals surface area contributed by atoms with E-state index in [0.29, 0.717) is 17.1 Å². The van der Waals surface area contributed by atoms with Gasteiger partial charge in [0.05, 0.1) is 18.1 Å². The number of nitrogens with zero attached hydrogens (tertiary/aromatic N) is 2. The third-order valence-electron chi connectivity index (χ3n) is 5.35. The number of benzene rings is 3. The highest BCUT2D eigenvalue weighted by molar-refractivity contribution is 5.91. The number of anilines is 4. The van der Waals surface area contributed by atoms with Crippen molar-refractivity contribution in [2.24, 2.45) is 0 Å². The minimum Gasteiger partial charge on any atom is -0.462 e. The minimum atomic E-state index is -0.536. The molecule has 0 bridgehead atoms. The Balaban J connectivity index is 1.50. The third kappa shape index (κ3) is 5.76. The Morgan fingerprint density at radius 2 is 1.53 bits per heavy atom. The smallest absolute Gasteiger partial charge is 0.338 e. The van der Waals surface area contributed by atoms with Gasteiger partial charge in [-0.05, 0) is 36.2 Å². The summed E-state index contributed by atoms with van der Waals surface area (Å²) in [5.74, 6) is -0.700. The van der Waals surface area contributed by atoms with Crippen molar-refractivity contribution in [3.05, 3.63) is 108 Å². The van der Waals surface area contributed by atoms with Gasteiger partial charge in [-0.1, -0.05) is 66.7 Å². The molecule has 0 saturated carbocycles. The standard InChI is InChI=1S/C27H26N6O3/c1-2-36-27(35)20-14-9-15-21(16-20)31-24-23(28)25(30-17-29-24)32-33-26(34)22(18-10-5-3-6-11-18)19-12-7-4-8-13-19/h3-17,22H,2,28H2,1H3,(H,33,34)(H2,29,30,31,32). The molecule has 0 fully saturated rings. The summed E-state index contributed by atoms with van der Waals surface area (Å²) in [4.78, 5) is 33.6. The van der Waals surface area contributed by atoms with Gasteiger partial charge in [0.2, 0.25) is 5.91 Å². The molecule has 0 aliphatic heterocycles. The average Bonchev–Trinajstić information content (AvgIpc) is 2.91. The van der Waals surface area contributed by atoms with Gasteiger partial charge in [0.25, 0.3) is 0 Å². The number of carbonyl (C=O) groups is 2. The molecule has 1 amide bonds. The van der Waals surface area contributed by atoms with E-state index in [1.54, 1.807) is 31.2 Å². The van der Waals surface area contributed by atoms with Gasteiger partial charge in [-0.2, -0.15) is 0 Å². The van der Waals surface area contributed by atoms with E-state index in [-0.39, 0.29) is 24.0 Å². The fourth-order valence-electron chi connectivity index (χ4n) is 3.65. The zero-order chi connectivity index (χ0) is 25.3. The maximum atomic E-state index is 13.2. The van der Waals surface area contributed by atoms with Crippen molar-refractivity contribution in [3.8, 4) is 0 Å². The molecule has 0 aliphatic carbocycles. The van der Waals surface area contributed by atoms with Crippen LogP contribution in [0.25, 0.3) is 0 Å². The van der Waals surface area contributed by atoms with Crippen LogP contribution in [-0.2, 0) is 9.53 Å². The summed E-state index contributed by atoms with van der Waals surface area (Å²) in [5, 5.41) is 3.08. The molecule has 4 aromatic rings. The van der Waals surface area contributed by atoms with Crippen LogP contribution in [0.5, 0.6) is 0 Å². The number of hydrogen-bond donors (Lipinski definition) is 4. The summed E-state index contributed by atoms with van der Waals surface area (Å²) in [6.45, 7) is 2.03. The number of ether oxygens (including phenoxy) is 1. The van der Waals surface area contributed by atoms with Crippen LogP contribution >= 0.6 is 0 Å². The van der Waals surface area contributed by atoms with E-state index < -0.39 is 11.9 Å². The van der Waals surface area contributed by atoms with Crippen LogP contribution in [0.15, 0.2) is 91.3 Å². The molecular formula is C27H26N6O3. The van der Waals surface area contributed by atoms with E-state index in [9.17, 15) is 9.59 Å². The number of nitrogens with two attached hydrogens (primary N) is 1. The first-order chi connectivity index (χ1) is 17.6. The second kappa shape index (κ2) is 11.5. The Kier molecular flexibility index (Phi) is 7.72. The van der Waals surface area contributed by atoms with Crippen LogP contribution < -0.4 is 21.9 Å². The molecule has 0 radical (unpaired) electrons. The number of esters is 1. The van der Waals surface area contributed by atoms with Crippen LogP contribution in [0.1, 0.15) is 34.3 Å². The Bertz CT molecular complexity index is 1290. The van der Waals surface area contributed by atoms with Crippen LogP contribution in [0.4, 0.5) is 23.0 Å². The number of rotatable bonds is 9. The highest BCUT2D eigenvalue weighted by Gasteiger charge is 2.23. The molecule has 9 nitrogen and oxygen atoms in total. The molecule has 0 atom stereocenters. The van der Waals surface area contributed by atoms with E-state index in [1.807, 2.05) is 60.7 Å². The fourth-order valence-corrected chi connectivity index (χ4v) is 3.65. The first-order valence-electron chi connectivity index (χ1n) is 11.4. The molecule has 0 spiro atoms. The largest absolute Gasteiger partial charge is 0.462 e. The van der Waals surface area contributed by atoms with Crippen LogP contribution in [0.3, 0.4) is 0 Å². The summed E-state index contributed by atoms with van der Waals surface area (Å²) in [5.41, 5.74) is 14.7. The summed E-state index contributed by atoms with van der Waals surface area (Å²) < 4.78 is 5.05. The van der Waals surface area contributed by atoms with Crippen LogP contribution in [0.2, 0.25) is 0 Å². The molecule has 4 rings (SSSR count). The van der Waals surface area contributed by atoms with Crippen molar-refractivity contribution in [2.75, 3.05) is 23.1 Å². The van der Waals surface area contributed by atoms with E-state index >= 15 is 0 Å². The molecule has 9 heteroatoms. The normalized spacial score (nSPS) is 10.5. The molecule has 0 unspecified atom stereocenters. The maximum Gasteiger partial charge on any atom is 0.338 e. The Hall–Kier alpha value is -4.92. The van der Waals surface area contributed by atoms with Crippen molar-refractivity contribution >= 4 is 34.9 Å². The predicted molar refractivity (Wildman–Crippen MR) is 139 cm³/mol. The highest BCUT2D eigenvalue weighted by Crippen LogP contribution is 2.27. The highest BCUT2D eigenvalue weighted by atomic mass is 16.5. The lowest BCUT2D eigenvalue weighted by molar-refractivity contribution is -0.121. The van der Waals surface area contributed by atoms with Crippen molar-refractivity contribution in [1.82, 2.24) is 15.4 Å². The number of nitrogen functional groups attached to an aromatic ring is 1. The number of hydrogen-bond acceptors (Lipinski definition) is 8. The lowest BCUT2D eigenvalue weighted by Gasteiger charge is -2.19. The molecular weight excluding hydrogens is 456 g/mol.